The smallest absolute Gasteiger partial charge is 0.314 e. The summed E-state index contributed by atoms with van der Waals surface area (Å²) in [5.41, 5.74) is 0.703. The SMILES string of the molecule is O=C(NCCN1CCN(Cc2ccccc2)CC1)NCC1(O)CCC1. The predicted molar refractivity (Wildman–Crippen MR) is 98.4 cm³/mol. The first-order valence-electron chi connectivity index (χ1n) is 9.36. The van der Waals surface area contributed by atoms with E-state index in [4.69, 9.17) is 0 Å². The number of benzene rings is 1. The van der Waals surface area contributed by atoms with Crippen molar-refractivity contribution in [3.63, 3.8) is 0 Å². The van der Waals surface area contributed by atoms with Gasteiger partial charge in [-0.3, -0.25) is 9.80 Å². The molecule has 2 aliphatic rings. The summed E-state index contributed by atoms with van der Waals surface area (Å²) < 4.78 is 0. The van der Waals surface area contributed by atoms with Gasteiger partial charge in [0.25, 0.3) is 0 Å². The van der Waals surface area contributed by atoms with Gasteiger partial charge in [-0.25, -0.2) is 4.79 Å². The fourth-order valence-electron chi connectivity index (χ4n) is 3.41. The lowest BCUT2D eigenvalue weighted by Crippen LogP contribution is -2.51. The standard InChI is InChI=1S/C19H30N4O2/c24-18(21-16-19(25)7-4-8-19)20-9-10-22-11-13-23(14-12-22)15-17-5-2-1-3-6-17/h1-3,5-6,25H,4,7-16H2,(H2,20,21,24). The number of amides is 2. The van der Waals surface area contributed by atoms with Crippen molar-refractivity contribution >= 4 is 6.03 Å². The highest BCUT2D eigenvalue weighted by atomic mass is 16.3. The van der Waals surface area contributed by atoms with Gasteiger partial charge in [0.2, 0.25) is 0 Å². The van der Waals surface area contributed by atoms with Crippen molar-refractivity contribution in [2.24, 2.45) is 0 Å². The fraction of sp³-hybridized carbons (Fsp3) is 0.632. The Balaban J connectivity index is 1.26. The average Bonchev–Trinajstić information content (AvgIpc) is 2.61. The summed E-state index contributed by atoms with van der Waals surface area (Å²) in [4.78, 5) is 16.6. The highest BCUT2D eigenvalue weighted by Crippen LogP contribution is 2.30. The van der Waals surface area contributed by atoms with Crippen LogP contribution in [0.1, 0.15) is 24.8 Å². The van der Waals surface area contributed by atoms with Crippen molar-refractivity contribution in [1.82, 2.24) is 20.4 Å². The molecule has 1 aliphatic heterocycles. The van der Waals surface area contributed by atoms with Gasteiger partial charge in [-0.05, 0) is 24.8 Å². The average molecular weight is 346 g/mol. The third-order valence-corrected chi connectivity index (χ3v) is 5.29. The van der Waals surface area contributed by atoms with E-state index in [1.165, 1.54) is 5.56 Å². The molecule has 1 saturated carbocycles. The Labute approximate surface area is 150 Å². The zero-order chi connectivity index (χ0) is 17.5. The quantitative estimate of drug-likeness (QED) is 0.690. The van der Waals surface area contributed by atoms with E-state index in [2.05, 4.69) is 50.8 Å². The number of aliphatic hydroxyl groups is 1. The first kappa shape index (κ1) is 18.2. The number of rotatable bonds is 7. The van der Waals surface area contributed by atoms with E-state index < -0.39 is 5.60 Å². The van der Waals surface area contributed by atoms with Crippen molar-refractivity contribution in [2.75, 3.05) is 45.8 Å². The molecule has 1 heterocycles. The molecule has 6 nitrogen and oxygen atoms in total. The second-order valence-electron chi connectivity index (χ2n) is 7.29. The van der Waals surface area contributed by atoms with E-state index in [0.717, 1.165) is 58.5 Å². The summed E-state index contributed by atoms with van der Waals surface area (Å²) in [6.45, 7) is 7.09. The van der Waals surface area contributed by atoms with Crippen molar-refractivity contribution in [1.29, 1.82) is 0 Å². The van der Waals surface area contributed by atoms with E-state index in [9.17, 15) is 9.90 Å². The van der Waals surface area contributed by atoms with Crippen LogP contribution >= 0.6 is 0 Å². The normalized spacial score (nSPS) is 20.7. The molecule has 1 aromatic rings. The van der Waals surface area contributed by atoms with E-state index in [1.807, 2.05) is 0 Å². The Kier molecular flexibility index (Phi) is 6.29. The Hall–Kier alpha value is -1.63. The molecule has 1 aromatic carbocycles. The minimum atomic E-state index is -0.660. The number of nitrogens with one attached hydrogen (secondary N) is 2. The number of urea groups is 1. The molecular weight excluding hydrogens is 316 g/mol. The maximum atomic E-state index is 11.8. The minimum Gasteiger partial charge on any atom is -0.388 e. The van der Waals surface area contributed by atoms with Crippen molar-refractivity contribution in [3.8, 4) is 0 Å². The van der Waals surface area contributed by atoms with Gasteiger partial charge in [0.1, 0.15) is 0 Å². The Morgan fingerprint density at radius 2 is 1.72 bits per heavy atom. The minimum absolute atomic E-state index is 0.178. The van der Waals surface area contributed by atoms with Crippen LogP contribution < -0.4 is 10.6 Å². The lowest BCUT2D eigenvalue weighted by Gasteiger charge is -2.36. The van der Waals surface area contributed by atoms with Crippen molar-refractivity contribution in [3.05, 3.63) is 35.9 Å². The molecule has 1 saturated heterocycles. The zero-order valence-corrected chi connectivity index (χ0v) is 14.9. The Morgan fingerprint density at radius 3 is 2.36 bits per heavy atom. The lowest BCUT2D eigenvalue weighted by molar-refractivity contribution is -0.0290. The fourth-order valence-corrected chi connectivity index (χ4v) is 3.41. The highest BCUT2D eigenvalue weighted by Gasteiger charge is 2.34. The first-order chi connectivity index (χ1) is 12.1. The lowest BCUT2D eigenvalue weighted by atomic mass is 9.80. The monoisotopic (exact) mass is 346 g/mol. The van der Waals surface area contributed by atoms with Gasteiger partial charge in [0.05, 0.1) is 5.60 Å². The van der Waals surface area contributed by atoms with Crippen LogP contribution in [0.5, 0.6) is 0 Å². The van der Waals surface area contributed by atoms with Gasteiger partial charge in [0, 0.05) is 52.4 Å². The van der Waals surface area contributed by atoms with E-state index >= 15 is 0 Å². The van der Waals surface area contributed by atoms with Crippen LogP contribution in [0, 0.1) is 0 Å². The summed E-state index contributed by atoms with van der Waals surface area (Å²) in [6.07, 6.45) is 2.64. The number of hydrogen-bond donors (Lipinski definition) is 3. The van der Waals surface area contributed by atoms with Crippen LogP contribution in [-0.2, 0) is 6.54 Å². The summed E-state index contributed by atoms with van der Waals surface area (Å²) >= 11 is 0. The second kappa shape index (κ2) is 8.65. The summed E-state index contributed by atoms with van der Waals surface area (Å²) in [6, 6.07) is 10.4. The van der Waals surface area contributed by atoms with Gasteiger partial charge in [-0.1, -0.05) is 30.3 Å². The molecule has 138 valence electrons. The molecule has 3 N–H and O–H groups in total. The molecule has 2 amide bonds. The topological polar surface area (TPSA) is 67.8 Å². The molecule has 0 bridgehead atoms. The summed E-state index contributed by atoms with van der Waals surface area (Å²) in [5.74, 6) is 0. The number of carbonyl (C=O) groups is 1. The van der Waals surface area contributed by atoms with Gasteiger partial charge in [-0.2, -0.15) is 0 Å². The van der Waals surface area contributed by atoms with E-state index in [1.54, 1.807) is 0 Å². The van der Waals surface area contributed by atoms with Crippen LogP contribution in [0.2, 0.25) is 0 Å². The molecular formula is C19H30N4O2. The van der Waals surface area contributed by atoms with Crippen LogP contribution in [0.3, 0.4) is 0 Å². The van der Waals surface area contributed by atoms with E-state index in [-0.39, 0.29) is 6.03 Å². The van der Waals surface area contributed by atoms with Gasteiger partial charge in [-0.15, -0.1) is 0 Å². The maximum absolute atomic E-state index is 11.8. The summed E-state index contributed by atoms with van der Waals surface area (Å²) in [7, 11) is 0. The van der Waals surface area contributed by atoms with Crippen LogP contribution in [0.15, 0.2) is 30.3 Å². The number of piperazine rings is 1. The Bertz CT molecular complexity index is 540. The number of carbonyl (C=O) groups excluding carboxylic acids is 1. The Morgan fingerprint density at radius 1 is 1.04 bits per heavy atom. The molecule has 0 spiro atoms. The maximum Gasteiger partial charge on any atom is 0.314 e. The molecule has 6 heteroatoms. The van der Waals surface area contributed by atoms with E-state index in [0.29, 0.717) is 13.1 Å². The molecule has 0 unspecified atom stereocenters. The molecule has 0 aromatic heterocycles. The second-order valence-corrected chi connectivity index (χ2v) is 7.29. The van der Waals surface area contributed by atoms with Crippen LogP contribution in [-0.4, -0.2) is 72.4 Å². The number of nitrogens with zero attached hydrogens (tertiary/aromatic N) is 2. The largest absolute Gasteiger partial charge is 0.388 e. The van der Waals surface area contributed by atoms with Gasteiger partial charge >= 0.3 is 6.03 Å². The number of hydrogen-bond acceptors (Lipinski definition) is 4. The molecule has 2 fully saturated rings. The molecule has 1 aliphatic carbocycles. The third-order valence-electron chi connectivity index (χ3n) is 5.29. The van der Waals surface area contributed by atoms with Crippen LogP contribution in [0.25, 0.3) is 0 Å². The first-order valence-corrected chi connectivity index (χ1v) is 9.36. The van der Waals surface area contributed by atoms with Crippen LogP contribution in [0.4, 0.5) is 4.79 Å². The summed E-state index contributed by atoms with van der Waals surface area (Å²) in [5, 5.41) is 15.6. The van der Waals surface area contributed by atoms with Crippen molar-refractivity contribution in [2.45, 2.75) is 31.4 Å². The van der Waals surface area contributed by atoms with Crippen molar-refractivity contribution < 1.29 is 9.90 Å². The third kappa shape index (κ3) is 5.70. The molecule has 25 heavy (non-hydrogen) atoms. The van der Waals surface area contributed by atoms with Gasteiger partial charge < -0.3 is 15.7 Å². The molecule has 3 rings (SSSR count). The highest BCUT2D eigenvalue weighted by molar-refractivity contribution is 5.73. The molecule has 0 radical (unpaired) electrons. The van der Waals surface area contributed by atoms with Gasteiger partial charge in [0.15, 0.2) is 0 Å². The molecule has 0 atom stereocenters. The zero-order valence-electron chi connectivity index (χ0n) is 14.9. The predicted octanol–water partition coefficient (Wildman–Crippen LogP) is 1.02.